The fraction of sp³-hybridized carbons (Fsp3) is 1.00. The highest BCUT2D eigenvalue weighted by molar-refractivity contribution is 7.80. The van der Waals surface area contributed by atoms with Crippen molar-refractivity contribution in [1.29, 1.82) is 0 Å². The molecule has 0 saturated carbocycles. The smallest absolute Gasteiger partial charge is 0.0220 e. The fourth-order valence-corrected chi connectivity index (χ4v) is 2.91. The molecule has 1 fully saturated rings. The number of rotatable bonds is 7. The van der Waals surface area contributed by atoms with Crippen molar-refractivity contribution in [2.24, 2.45) is 5.92 Å². The first-order valence-corrected chi connectivity index (χ1v) is 7.26. The van der Waals surface area contributed by atoms with Crippen molar-refractivity contribution in [3.63, 3.8) is 0 Å². The van der Waals surface area contributed by atoms with Crippen LogP contribution in [0, 0.1) is 5.92 Å². The molecule has 2 nitrogen and oxygen atoms in total. The molecule has 3 heteroatoms. The molecule has 0 aromatic rings. The van der Waals surface area contributed by atoms with E-state index in [1.165, 1.54) is 45.3 Å². The maximum atomic E-state index is 4.29. The molecule has 0 spiro atoms. The van der Waals surface area contributed by atoms with Crippen molar-refractivity contribution < 1.29 is 0 Å². The van der Waals surface area contributed by atoms with Crippen molar-refractivity contribution in [3.8, 4) is 0 Å². The molecule has 96 valence electrons. The summed E-state index contributed by atoms with van der Waals surface area (Å²) >= 11 is 4.29. The van der Waals surface area contributed by atoms with E-state index in [4.69, 9.17) is 0 Å². The van der Waals surface area contributed by atoms with Gasteiger partial charge in [-0.05, 0) is 64.5 Å². The molecule has 0 bridgehead atoms. The van der Waals surface area contributed by atoms with Crippen molar-refractivity contribution in [3.05, 3.63) is 0 Å². The third-order valence-electron chi connectivity index (χ3n) is 3.82. The van der Waals surface area contributed by atoms with Crippen LogP contribution in [0.5, 0.6) is 0 Å². The van der Waals surface area contributed by atoms with Gasteiger partial charge in [-0.25, -0.2) is 0 Å². The van der Waals surface area contributed by atoms with Gasteiger partial charge in [0.1, 0.15) is 0 Å². The minimum Gasteiger partial charge on any atom is -0.305 e. The zero-order chi connectivity index (χ0) is 12.0. The Hall–Kier alpha value is 0.270. The molecule has 0 radical (unpaired) electrons. The summed E-state index contributed by atoms with van der Waals surface area (Å²) in [5.74, 6) is 1.84. The third kappa shape index (κ3) is 5.07. The van der Waals surface area contributed by atoms with Gasteiger partial charge < -0.3 is 9.80 Å². The normalized spacial score (nSPS) is 24.2. The van der Waals surface area contributed by atoms with Crippen molar-refractivity contribution in [1.82, 2.24) is 9.80 Å². The van der Waals surface area contributed by atoms with Gasteiger partial charge in [0, 0.05) is 12.6 Å². The van der Waals surface area contributed by atoms with Gasteiger partial charge in [0.25, 0.3) is 0 Å². The second-order valence-electron chi connectivity index (χ2n) is 5.45. The van der Waals surface area contributed by atoms with E-state index in [2.05, 4.69) is 43.4 Å². The molecule has 1 aliphatic heterocycles. The van der Waals surface area contributed by atoms with Gasteiger partial charge in [0.2, 0.25) is 0 Å². The lowest BCUT2D eigenvalue weighted by Gasteiger charge is -2.26. The molecular formula is C13H28N2S. The van der Waals surface area contributed by atoms with E-state index < -0.39 is 0 Å². The second kappa shape index (κ2) is 7.57. The van der Waals surface area contributed by atoms with Crippen molar-refractivity contribution >= 4 is 12.6 Å². The third-order valence-corrected chi connectivity index (χ3v) is 4.08. The van der Waals surface area contributed by atoms with Crippen LogP contribution in [0.25, 0.3) is 0 Å². The lowest BCUT2D eigenvalue weighted by molar-refractivity contribution is 0.212. The Labute approximate surface area is 107 Å². The Bertz CT molecular complexity index is 187. The van der Waals surface area contributed by atoms with Gasteiger partial charge in [-0.1, -0.05) is 6.92 Å². The maximum absolute atomic E-state index is 4.29. The van der Waals surface area contributed by atoms with Crippen LogP contribution in [0.4, 0.5) is 0 Å². The summed E-state index contributed by atoms with van der Waals surface area (Å²) in [4.78, 5) is 5.01. The summed E-state index contributed by atoms with van der Waals surface area (Å²) in [6.07, 6.45) is 5.33. The number of likely N-dealkylation sites (tertiary alicyclic amines) is 1. The van der Waals surface area contributed by atoms with Gasteiger partial charge in [-0.15, -0.1) is 0 Å². The van der Waals surface area contributed by atoms with Crippen molar-refractivity contribution in [2.45, 2.75) is 38.6 Å². The molecular weight excluding hydrogens is 216 g/mol. The SMILES string of the molecule is CC(CCS)CCN(C)CC1CCCN1C. The highest BCUT2D eigenvalue weighted by Gasteiger charge is 2.21. The highest BCUT2D eigenvalue weighted by Crippen LogP contribution is 2.16. The van der Waals surface area contributed by atoms with E-state index in [9.17, 15) is 0 Å². The number of nitrogens with zero attached hydrogens (tertiary/aromatic N) is 2. The molecule has 0 N–H and O–H groups in total. The van der Waals surface area contributed by atoms with E-state index >= 15 is 0 Å². The van der Waals surface area contributed by atoms with Gasteiger partial charge >= 0.3 is 0 Å². The number of hydrogen-bond acceptors (Lipinski definition) is 3. The van der Waals surface area contributed by atoms with E-state index in [0.717, 1.165) is 17.7 Å². The molecule has 2 unspecified atom stereocenters. The fourth-order valence-electron chi connectivity index (χ4n) is 2.47. The van der Waals surface area contributed by atoms with Crippen LogP contribution in [0.2, 0.25) is 0 Å². The molecule has 1 saturated heterocycles. The lowest BCUT2D eigenvalue weighted by Crippen LogP contribution is -2.37. The molecule has 1 heterocycles. The van der Waals surface area contributed by atoms with E-state index in [1.54, 1.807) is 0 Å². The van der Waals surface area contributed by atoms with Gasteiger partial charge in [-0.3, -0.25) is 0 Å². The Balaban J connectivity index is 2.12. The van der Waals surface area contributed by atoms with Gasteiger partial charge in [0.15, 0.2) is 0 Å². The predicted molar refractivity (Wildman–Crippen MR) is 75.4 cm³/mol. The molecule has 1 aliphatic rings. The van der Waals surface area contributed by atoms with E-state index in [-0.39, 0.29) is 0 Å². The zero-order valence-electron chi connectivity index (χ0n) is 11.2. The van der Waals surface area contributed by atoms with Gasteiger partial charge in [0.05, 0.1) is 0 Å². The molecule has 16 heavy (non-hydrogen) atoms. The topological polar surface area (TPSA) is 6.48 Å². The second-order valence-corrected chi connectivity index (χ2v) is 5.89. The van der Waals surface area contributed by atoms with Crippen molar-refractivity contribution in [2.75, 3.05) is 39.5 Å². The van der Waals surface area contributed by atoms with Crippen LogP contribution < -0.4 is 0 Å². The molecule has 1 rings (SSSR count). The van der Waals surface area contributed by atoms with Crippen LogP contribution in [0.15, 0.2) is 0 Å². The molecule has 0 aromatic heterocycles. The standard InChI is InChI=1S/C13H28N2S/c1-12(7-10-16)6-9-14(2)11-13-5-4-8-15(13)3/h12-13,16H,4-11H2,1-3H3. The van der Waals surface area contributed by atoms with Gasteiger partial charge in [-0.2, -0.15) is 12.6 Å². The minimum atomic E-state index is 0.796. The predicted octanol–water partition coefficient (Wildman–Crippen LogP) is 2.36. The monoisotopic (exact) mass is 244 g/mol. The molecule has 2 atom stereocenters. The van der Waals surface area contributed by atoms with E-state index in [0.29, 0.717) is 0 Å². The zero-order valence-corrected chi connectivity index (χ0v) is 12.0. The minimum absolute atomic E-state index is 0.796. The highest BCUT2D eigenvalue weighted by atomic mass is 32.1. The Morgan fingerprint density at radius 3 is 2.75 bits per heavy atom. The average molecular weight is 244 g/mol. The van der Waals surface area contributed by atoms with Crippen LogP contribution in [0.3, 0.4) is 0 Å². The van der Waals surface area contributed by atoms with Crippen LogP contribution in [-0.4, -0.2) is 55.3 Å². The number of thiol groups is 1. The molecule has 0 aromatic carbocycles. The first kappa shape index (κ1) is 14.3. The maximum Gasteiger partial charge on any atom is 0.0220 e. The van der Waals surface area contributed by atoms with Crippen LogP contribution in [0.1, 0.15) is 32.6 Å². The summed E-state index contributed by atoms with van der Waals surface area (Å²) in [6.45, 7) is 6.10. The summed E-state index contributed by atoms with van der Waals surface area (Å²) in [5.41, 5.74) is 0. The quantitative estimate of drug-likeness (QED) is 0.687. The number of likely N-dealkylation sites (N-methyl/N-ethyl adjacent to an activating group) is 2. The Morgan fingerprint density at radius 1 is 1.44 bits per heavy atom. The summed E-state index contributed by atoms with van der Waals surface area (Å²) in [6, 6.07) is 0.796. The average Bonchev–Trinajstić information content (AvgIpc) is 2.62. The summed E-state index contributed by atoms with van der Waals surface area (Å²) < 4.78 is 0. The Kier molecular flexibility index (Phi) is 6.78. The first-order valence-electron chi connectivity index (χ1n) is 6.63. The van der Waals surface area contributed by atoms with Crippen LogP contribution >= 0.6 is 12.6 Å². The molecule has 0 amide bonds. The van der Waals surface area contributed by atoms with E-state index in [1.807, 2.05) is 0 Å². The first-order chi connectivity index (χ1) is 7.63. The summed E-state index contributed by atoms with van der Waals surface area (Å²) in [5, 5.41) is 0. The Morgan fingerprint density at radius 2 is 2.19 bits per heavy atom. The lowest BCUT2D eigenvalue weighted by atomic mass is 10.0. The number of hydrogen-bond donors (Lipinski definition) is 1. The molecule has 0 aliphatic carbocycles. The largest absolute Gasteiger partial charge is 0.305 e. The summed E-state index contributed by atoms with van der Waals surface area (Å²) in [7, 11) is 4.52. The van der Waals surface area contributed by atoms with Crippen LogP contribution in [-0.2, 0) is 0 Å².